The van der Waals surface area contributed by atoms with E-state index in [2.05, 4.69) is 55.4 Å². The van der Waals surface area contributed by atoms with E-state index in [0.717, 1.165) is 19.3 Å². The molecular formula is C30H51O5P. The molecule has 36 heavy (non-hydrogen) atoms. The van der Waals surface area contributed by atoms with Crippen molar-refractivity contribution in [1.29, 1.82) is 0 Å². The van der Waals surface area contributed by atoms with Crippen LogP contribution in [0.25, 0.3) is 0 Å². The van der Waals surface area contributed by atoms with Crippen molar-refractivity contribution < 1.29 is 23.7 Å². The van der Waals surface area contributed by atoms with Crippen LogP contribution in [-0.4, -0.2) is 21.7 Å². The van der Waals surface area contributed by atoms with Crippen molar-refractivity contribution in [2.75, 3.05) is 0 Å². The van der Waals surface area contributed by atoms with Crippen LogP contribution in [-0.2, 0) is 13.9 Å². The highest BCUT2D eigenvalue weighted by molar-refractivity contribution is 7.46. The zero-order chi connectivity index (χ0) is 26.9. The van der Waals surface area contributed by atoms with Crippen molar-refractivity contribution in [2.45, 2.75) is 119 Å². The molecule has 0 aromatic rings. The lowest BCUT2D eigenvalue weighted by Gasteiger charge is -2.61. The Morgan fingerprint density at radius 2 is 1.72 bits per heavy atom. The van der Waals surface area contributed by atoms with E-state index in [9.17, 15) is 19.1 Å². The molecule has 5 nitrogen and oxygen atoms in total. The average molecular weight is 523 g/mol. The fraction of sp³-hybridized carbons (Fsp3) is 0.900. The van der Waals surface area contributed by atoms with E-state index < -0.39 is 13.9 Å². The average Bonchev–Trinajstić information content (AvgIpc) is 3.03. The predicted molar refractivity (Wildman–Crippen MR) is 144 cm³/mol. The Kier molecular flexibility index (Phi) is 7.38. The maximum Gasteiger partial charge on any atom is 0.469 e. The summed E-state index contributed by atoms with van der Waals surface area (Å²) < 4.78 is 16.5. The second-order valence-electron chi connectivity index (χ2n) is 15.0. The summed E-state index contributed by atoms with van der Waals surface area (Å²) >= 11 is 0. The van der Waals surface area contributed by atoms with Gasteiger partial charge in [-0.2, -0.15) is 0 Å². The molecule has 0 aromatic heterocycles. The first-order valence-electron chi connectivity index (χ1n) is 14.4. The third-order valence-corrected chi connectivity index (χ3v) is 12.5. The van der Waals surface area contributed by atoms with Gasteiger partial charge in [0.25, 0.3) is 0 Å². The minimum absolute atomic E-state index is 0.0431. The number of allylic oxidation sites excluding steroid dienone is 2. The smallest absolute Gasteiger partial charge is 0.303 e. The Bertz CT molecular complexity index is 945. The molecule has 3 fully saturated rings. The van der Waals surface area contributed by atoms with Crippen LogP contribution in [0, 0.1) is 51.2 Å². The van der Waals surface area contributed by atoms with Gasteiger partial charge in [-0.15, -0.1) is 0 Å². The SMILES string of the molecule is C[C@H]([C@H](C)CCC(C)(C)C)[C@H]1CC[C@@]2(C)C3=CC(=O)[C@@H]4C[C@H](OP(=O)(O)O)CC[C@]4(C)C3CC[C@]12C. The van der Waals surface area contributed by atoms with Crippen LogP contribution in [0.1, 0.15) is 113 Å². The van der Waals surface area contributed by atoms with Crippen molar-refractivity contribution in [3.8, 4) is 0 Å². The molecule has 0 saturated heterocycles. The number of fused-ring (bicyclic) bond motifs is 5. The van der Waals surface area contributed by atoms with Crippen LogP contribution in [0.3, 0.4) is 0 Å². The van der Waals surface area contributed by atoms with Gasteiger partial charge in [-0.05, 0) is 109 Å². The first kappa shape index (κ1) is 28.5. The molecule has 9 atom stereocenters. The van der Waals surface area contributed by atoms with Crippen LogP contribution < -0.4 is 0 Å². The van der Waals surface area contributed by atoms with Gasteiger partial charge in [0.2, 0.25) is 0 Å². The lowest BCUT2D eigenvalue weighted by Crippen LogP contribution is -2.55. The molecule has 4 aliphatic carbocycles. The largest absolute Gasteiger partial charge is 0.469 e. The molecule has 206 valence electrons. The molecule has 2 N–H and O–H groups in total. The summed E-state index contributed by atoms with van der Waals surface area (Å²) in [6, 6.07) is 0. The van der Waals surface area contributed by atoms with Crippen molar-refractivity contribution in [2.24, 2.45) is 51.2 Å². The first-order chi connectivity index (χ1) is 16.4. The molecule has 0 bridgehead atoms. The summed E-state index contributed by atoms with van der Waals surface area (Å²) in [5.74, 6) is 2.36. The Labute approximate surface area is 219 Å². The Morgan fingerprint density at radius 1 is 1.06 bits per heavy atom. The number of carbonyl (C=O) groups excluding carboxylic acids is 1. The highest BCUT2D eigenvalue weighted by Crippen LogP contribution is 2.72. The normalized spacial score (nSPS) is 42.7. The summed E-state index contributed by atoms with van der Waals surface area (Å²) in [5, 5.41) is 0. The molecule has 0 amide bonds. The van der Waals surface area contributed by atoms with Gasteiger partial charge in [0.1, 0.15) is 0 Å². The van der Waals surface area contributed by atoms with Crippen molar-refractivity contribution in [3.05, 3.63) is 11.6 Å². The van der Waals surface area contributed by atoms with Crippen molar-refractivity contribution >= 4 is 13.6 Å². The second-order valence-corrected chi connectivity index (χ2v) is 16.2. The van der Waals surface area contributed by atoms with Crippen molar-refractivity contribution in [1.82, 2.24) is 0 Å². The minimum atomic E-state index is -4.55. The molecule has 0 heterocycles. The zero-order valence-corrected chi connectivity index (χ0v) is 24.9. The van der Waals surface area contributed by atoms with E-state index in [4.69, 9.17) is 4.52 Å². The predicted octanol–water partition coefficient (Wildman–Crippen LogP) is 7.71. The zero-order valence-electron chi connectivity index (χ0n) is 24.0. The number of hydrogen-bond acceptors (Lipinski definition) is 3. The van der Waals surface area contributed by atoms with E-state index in [-0.39, 0.29) is 27.9 Å². The topological polar surface area (TPSA) is 83.8 Å². The van der Waals surface area contributed by atoms with E-state index in [1.54, 1.807) is 0 Å². The van der Waals surface area contributed by atoms with Gasteiger partial charge in [0.15, 0.2) is 5.78 Å². The molecule has 4 rings (SSSR count). The van der Waals surface area contributed by atoms with Crippen LogP contribution >= 0.6 is 7.82 Å². The molecular weight excluding hydrogens is 471 g/mol. The quantitative estimate of drug-likeness (QED) is 0.349. The molecule has 0 spiro atoms. The summed E-state index contributed by atoms with van der Waals surface area (Å²) in [7, 11) is -4.55. The van der Waals surface area contributed by atoms with Gasteiger partial charge in [-0.1, -0.05) is 61.0 Å². The second kappa shape index (κ2) is 9.32. The molecule has 4 aliphatic rings. The lowest BCUT2D eigenvalue weighted by atomic mass is 9.43. The number of phosphoric acid groups is 1. The highest BCUT2D eigenvalue weighted by atomic mass is 31.2. The fourth-order valence-electron chi connectivity index (χ4n) is 9.18. The number of phosphoric ester groups is 1. The molecule has 1 unspecified atom stereocenters. The molecule has 0 aliphatic heterocycles. The monoisotopic (exact) mass is 522 g/mol. The summed E-state index contributed by atoms with van der Waals surface area (Å²) in [5.41, 5.74) is 1.86. The summed E-state index contributed by atoms with van der Waals surface area (Å²) in [6.07, 6.45) is 10.5. The number of rotatable bonds is 6. The maximum absolute atomic E-state index is 13.6. The van der Waals surface area contributed by atoms with Crippen LogP contribution in [0.5, 0.6) is 0 Å². The van der Waals surface area contributed by atoms with Gasteiger partial charge >= 0.3 is 7.82 Å². The van der Waals surface area contributed by atoms with Gasteiger partial charge in [-0.25, -0.2) is 4.57 Å². The van der Waals surface area contributed by atoms with Gasteiger partial charge in [0, 0.05) is 5.92 Å². The summed E-state index contributed by atoms with van der Waals surface area (Å²) in [6.45, 7) is 19.2. The maximum atomic E-state index is 13.6. The third kappa shape index (κ3) is 4.85. The van der Waals surface area contributed by atoms with E-state index in [1.165, 1.54) is 31.3 Å². The van der Waals surface area contributed by atoms with E-state index >= 15 is 0 Å². The molecule has 0 aromatic carbocycles. The molecule has 6 heteroatoms. The Morgan fingerprint density at radius 3 is 2.33 bits per heavy atom. The number of hydrogen-bond donors (Lipinski definition) is 2. The van der Waals surface area contributed by atoms with Crippen molar-refractivity contribution in [3.63, 3.8) is 0 Å². The Hall–Kier alpha value is -0.480. The molecule has 3 saturated carbocycles. The van der Waals surface area contributed by atoms with Crippen LogP contribution in [0.4, 0.5) is 0 Å². The van der Waals surface area contributed by atoms with Gasteiger partial charge in [-0.3, -0.25) is 9.32 Å². The summed E-state index contributed by atoms with van der Waals surface area (Å²) in [4.78, 5) is 32.3. The number of ketones is 1. The highest BCUT2D eigenvalue weighted by Gasteiger charge is 2.65. The number of carbonyl (C=O) groups is 1. The van der Waals surface area contributed by atoms with Gasteiger partial charge < -0.3 is 9.79 Å². The fourth-order valence-corrected chi connectivity index (χ4v) is 9.76. The van der Waals surface area contributed by atoms with Gasteiger partial charge in [0.05, 0.1) is 6.10 Å². The third-order valence-electron chi connectivity index (χ3n) is 11.9. The van der Waals surface area contributed by atoms with Crippen LogP contribution in [0.15, 0.2) is 11.6 Å². The molecule has 0 radical (unpaired) electrons. The standard InChI is InChI=1S/C30H51O5P/c1-19(9-13-27(3,4)5)20(2)22-11-15-30(8)24-18-26(31)25-17-21(35-36(32,33)34)10-14-28(25,6)23(24)12-16-29(22,30)7/h18-23,25H,9-17H2,1-8H3,(H2,32,33,34)/t19-,20-,21-,22-,23?,25+,28-,29-,30+/m1/s1. The van der Waals surface area contributed by atoms with Crippen LogP contribution in [0.2, 0.25) is 0 Å². The van der Waals surface area contributed by atoms with E-state index in [0.29, 0.717) is 41.9 Å². The first-order valence-corrected chi connectivity index (χ1v) is 15.9. The Balaban J connectivity index is 1.58. The lowest BCUT2D eigenvalue weighted by molar-refractivity contribution is -0.134. The van der Waals surface area contributed by atoms with E-state index in [1.807, 2.05) is 6.08 Å². The minimum Gasteiger partial charge on any atom is -0.303 e.